The zero-order chi connectivity index (χ0) is 18.5. The van der Waals surface area contributed by atoms with Crippen LogP contribution in [0.15, 0.2) is 58.0 Å². The number of aliphatic imine (C=N–C) groups is 1. The maximum atomic E-state index is 5.98. The van der Waals surface area contributed by atoms with E-state index in [2.05, 4.69) is 46.4 Å². The molecule has 6 nitrogen and oxygen atoms in total. The molecule has 2 aromatic carbocycles. The van der Waals surface area contributed by atoms with Gasteiger partial charge in [0.05, 0.1) is 0 Å². The first-order valence-electron chi connectivity index (χ1n) is 8.26. The first-order chi connectivity index (χ1) is 12.5. The summed E-state index contributed by atoms with van der Waals surface area (Å²) in [5, 5.41) is 7.63. The number of nitrogens with zero attached hydrogens (tertiary/aromatic N) is 3. The summed E-state index contributed by atoms with van der Waals surface area (Å²) in [7, 11) is 0. The van der Waals surface area contributed by atoms with E-state index >= 15 is 0 Å². The number of rotatable bonds is 5. The third-order valence-corrected chi connectivity index (χ3v) is 4.00. The van der Waals surface area contributed by atoms with Gasteiger partial charge in [0.25, 0.3) is 0 Å². The average molecular weight is 498 g/mol. The van der Waals surface area contributed by atoms with Crippen molar-refractivity contribution in [3.05, 3.63) is 65.0 Å². The Labute approximate surface area is 180 Å². The van der Waals surface area contributed by atoms with Crippen molar-refractivity contribution in [3.8, 4) is 11.4 Å². The van der Waals surface area contributed by atoms with Gasteiger partial charge in [-0.3, -0.25) is 0 Å². The molecule has 0 spiro atoms. The van der Waals surface area contributed by atoms with E-state index in [9.17, 15) is 0 Å². The Morgan fingerprint density at radius 3 is 2.74 bits per heavy atom. The summed E-state index contributed by atoms with van der Waals surface area (Å²) in [5.74, 6) is 1.57. The minimum absolute atomic E-state index is 0. The Balaban J connectivity index is 0.00000261. The molecule has 0 amide bonds. The second-order valence-corrected chi connectivity index (χ2v) is 6.57. The van der Waals surface area contributed by atoms with Crippen LogP contribution >= 0.6 is 35.6 Å². The predicted octanol–water partition coefficient (Wildman–Crippen LogP) is 5.06. The first kappa shape index (κ1) is 21.2. The van der Waals surface area contributed by atoms with Crippen molar-refractivity contribution in [1.82, 2.24) is 10.1 Å². The van der Waals surface area contributed by atoms with E-state index in [0.29, 0.717) is 22.7 Å². The molecule has 3 aromatic rings. The highest BCUT2D eigenvalue weighted by Gasteiger charge is 2.09. The van der Waals surface area contributed by atoms with Crippen molar-refractivity contribution in [1.29, 1.82) is 0 Å². The molecule has 0 aliphatic heterocycles. The van der Waals surface area contributed by atoms with Gasteiger partial charge in [-0.1, -0.05) is 54.9 Å². The van der Waals surface area contributed by atoms with Crippen LogP contribution in [0.3, 0.4) is 0 Å². The first-order valence-corrected chi connectivity index (χ1v) is 8.64. The number of aromatic nitrogens is 2. The maximum absolute atomic E-state index is 5.98. The lowest BCUT2D eigenvalue weighted by molar-refractivity contribution is 0.381. The monoisotopic (exact) mass is 497 g/mol. The molecule has 0 saturated heterocycles. The molecule has 0 aliphatic carbocycles. The SMILES string of the molecule is CC(C)c1cccc(NC(N)=NCc2nc(-c3cccc(Cl)c3)no2)c1.I. The minimum Gasteiger partial charge on any atom is -0.370 e. The number of hydrogen-bond acceptors (Lipinski definition) is 4. The molecule has 3 N–H and O–H groups in total. The molecule has 142 valence electrons. The van der Waals surface area contributed by atoms with Gasteiger partial charge in [0.2, 0.25) is 11.7 Å². The number of nitrogens with two attached hydrogens (primary N) is 1. The van der Waals surface area contributed by atoms with Crippen molar-refractivity contribution in [3.63, 3.8) is 0 Å². The van der Waals surface area contributed by atoms with Crippen molar-refractivity contribution >= 4 is 47.2 Å². The molecule has 1 aromatic heterocycles. The summed E-state index contributed by atoms with van der Waals surface area (Å²) in [6, 6.07) is 15.3. The van der Waals surface area contributed by atoms with E-state index in [-0.39, 0.29) is 36.5 Å². The van der Waals surface area contributed by atoms with E-state index in [1.807, 2.05) is 24.3 Å². The lowest BCUT2D eigenvalue weighted by Crippen LogP contribution is -2.22. The molecule has 0 atom stereocenters. The smallest absolute Gasteiger partial charge is 0.248 e. The van der Waals surface area contributed by atoms with Crippen LogP contribution in [0.5, 0.6) is 0 Å². The Morgan fingerprint density at radius 2 is 2.00 bits per heavy atom. The zero-order valence-electron chi connectivity index (χ0n) is 15.0. The number of guanidine groups is 1. The Kier molecular flexibility index (Phi) is 7.61. The fourth-order valence-corrected chi connectivity index (χ4v) is 2.57. The summed E-state index contributed by atoms with van der Waals surface area (Å²) in [4.78, 5) is 8.56. The highest BCUT2D eigenvalue weighted by Crippen LogP contribution is 2.20. The molecule has 8 heteroatoms. The summed E-state index contributed by atoms with van der Waals surface area (Å²) in [5.41, 5.74) is 8.85. The van der Waals surface area contributed by atoms with Crippen LogP contribution in [0.25, 0.3) is 11.4 Å². The summed E-state index contributed by atoms with van der Waals surface area (Å²) in [6.07, 6.45) is 0. The van der Waals surface area contributed by atoms with Gasteiger partial charge < -0.3 is 15.6 Å². The van der Waals surface area contributed by atoms with Gasteiger partial charge in [0.15, 0.2) is 5.96 Å². The van der Waals surface area contributed by atoms with Crippen molar-refractivity contribution < 1.29 is 4.52 Å². The predicted molar refractivity (Wildman–Crippen MR) is 120 cm³/mol. The standard InChI is InChI=1S/C19H20ClN5O.HI/c1-12(2)13-5-4-8-16(10-13)23-19(21)22-11-17-24-18(25-26-17)14-6-3-7-15(20)9-14;/h3-10,12H,11H2,1-2H3,(H3,21,22,23);1H. The Bertz CT molecular complexity index is 926. The van der Waals surface area contributed by atoms with E-state index in [0.717, 1.165) is 11.3 Å². The van der Waals surface area contributed by atoms with Gasteiger partial charge in [-0.25, -0.2) is 4.99 Å². The fraction of sp³-hybridized carbons (Fsp3) is 0.211. The zero-order valence-corrected chi connectivity index (χ0v) is 18.1. The molecule has 3 rings (SSSR count). The molecule has 0 bridgehead atoms. The minimum atomic E-state index is 0. The molecule has 27 heavy (non-hydrogen) atoms. The lowest BCUT2D eigenvalue weighted by Gasteiger charge is -2.09. The van der Waals surface area contributed by atoms with E-state index in [1.54, 1.807) is 12.1 Å². The fourth-order valence-electron chi connectivity index (χ4n) is 2.38. The second-order valence-electron chi connectivity index (χ2n) is 6.13. The van der Waals surface area contributed by atoms with E-state index in [1.165, 1.54) is 5.56 Å². The number of nitrogens with one attached hydrogen (secondary N) is 1. The third kappa shape index (κ3) is 5.93. The van der Waals surface area contributed by atoms with Crippen LogP contribution in [0.1, 0.15) is 31.2 Å². The molecule has 0 radical (unpaired) electrons. The topological polar surface area (TPSA) is 89.3 Å². The maximum Gasteiger partial charge on any atom is 0.248 e. The van der Waals surface area contributed by atoms with Gasteiger partial charge in [-0.2, -0.15) is 4.98 Å². The van der Waals surface area contributed by atoms with Crippen LogP contribution in [0.2, 0.25) is 5.02 Å². The van der Waals surface area contributed by atoms with Crippen molar-refractivity contribution in [2.24, 2.45) is 10.7 Å². The highest BCUT2D eigenvalue weighted by atomic mass is 127. The number of anilines is 1. The highest BCUT2D eigenvalue weighted by molar-refractivity contribution is 14.0. The molecule has 0 fully saturated rings. The van der Waals surface area contributed by atoms with Gasteiger partial charge in [-0.15, -0.1) is 24.0 Å². The van der Waals surface area contributed by atoms with E-state index in [4.69, 9.17) is 21.9 Å². The summed E-state index contributed by atoms with van der Waals surface area (Å²) in [6.45, 7) is 4.48. The van der Waals surface area contributed by atoms with Crippen LogP contribution in [-0.2, 0) is 6.54 Å². The van der Waals surface area contributed by atoms with Crippen LogP contribution in [0.4, 0.5) is 5.69 Å². The molecular formula is C19H21ClIN5O. The van der Waals surface area contributed by atoms with Gasteiger partial charge in [0, 0.05) is 16.3 Å². The molecule has 0 saturated carbocycles. The lowest BCUT2D eigenvalue weighted by atomic mass is 10.0. The second kappa shape index (κ2) is 9.70. The molecule has 1 heterocycles. The van der Waals surface area contributed by atoms with Gasteiger partial charge in [0.1, 0.15) is 6.54 Å². The van der Waals surface area contributed by atoms with Crippen molar-refractivity contribution in [2.45, 2.75) is 26.3 Å². The Hall–Kier alpha value is -2.13. The van der Waals surface area contributed by atoms with Crippen molar-refractivity contribution in [2.75, 3.05) is 5.32 Å². The van der Waals surface area contributed by atoms with Crippen LogP contribution < -0.4 is 11.1 Å². The molecular weight excluding hydrogens is 477 g/mol. The van der Waals surface area contributed by atoms with E-state index < -0.39 is 0 Å². The summed E-state index contributed by atoms with van der Waals surface area (Å²) < 4.78 is 5.22. The quantitative estimate of drug-likeness (QED) is 0.292. The average Bonchev–Trinajstić information content (AvgIpc) is 3.09. The van der Waals surface area contributed by atoms with Crippen LogP contribution in [0, 0.1) is 0 Å². The molecule has 0 unspecified atom stereocenters. The number of halogens is 2. The number of hydrogen-bond donors (Lipinski definition) is 2. The normalized spacial score (nSPS) is 11.3. The number of benzene rings is 2. The Morgan fingerprint density at radius 1 is 1.22 bits per heavy atom. The van der Waals surface area contributed by atoms with Gasteiger partial charge in [-0.05, 0) is 35.7 Å². The largest absolute Gasteiger partial charge is 0.370 e. The summed E-state index contributed by atoms with van der Waals surface area (Å²) >= 11 is 5.98. The van der Waals surface area contributed by atoms with Crippen LogP contribution in [-0.4, -0.2) is 16.1 Å². The van der Waals surface area contributed by atoms with Gasteiger partial charge >= 0.3 is 0 Å². The molecule has 0 aliphatic rings. The third-order valence-electron chi connectivity index (χ3n) is 3.76.